The van der Waals surface area contributed by atoms with E-state index in [0.717, 1.165) is 33.7 Å². The summed E-state index contributed by atoms with van der Waals surface area (Å²) in [6.45, 7) is 4.29. The molecule has 0 amide bonds. The SMILES string of the molecule is CC(C)c1cnc(-c2ccc(I)cc2)nc1Nc1ccnc2[nH]ccc12. The van der Waals surface area contributed by atoms with Crippen molar-refractivity contribution in [2.45, 2.75) is 19.8 Å². The molecule has 0 unspecified atom stereocenters. The molecule has 0 aliphatic heterocycles. The second kappa shape index (κ2) is 7.03. The van der Waals surface area contributed by atoms with Gasteiger partial charge < -0.3 is 10.3 Å². The third kappa shape index (κ3) is 3.29. The largest absolute Gasteiger partial charge is 0.346 e. The van der Waals surface area contributed by atoms with Gasteiger partial charge in [0.15, 0.2) is 5.82 Å². The van der Waals surface area contributed by atoms with E-state index in [9.17, 15) is 0 Å². The van der Waals surface area contributed by atoms with Gasteiger partial charge in [-0.3, -0.25) is 0 Å². The van der Waals surface area contributed by atoms with E-state index in [4.69, 9.17) is 4.98 Å². The number of halogens is 1. The summed E-state index contributed by atoms with van der Waals surface area (Å²) in [7, 11) is 0. The summed E-state index contributed by atoms with van der Waals surface area (Å²) in [6, 6.07) is 12.2. The quantitative estimate of drug-likeness (QED) is 0.400. The summed E-state index contributed by atoms with van der Waals surface area (Å²) in [5.41, 5.74) is 3.92. The standard InChI is InChI=1S/C20H18IN5/c1-12(2)16-11-24-18(13-3-5-14(21)6-4-13)26-20(16)25-17-8-10-23-19-15(17)7-9-22-19/h3-12H,1-2H3,(H2,22,23,24,25,26). The van der Waals surface area contributed by atoms with E-state index in [1.807, 2.05) is 36.7 Å². The molecular formula is C20H18IN5. The number of nitrogens with zero attached hydrogens (tertiary/aromatic N) is 3. The summed E-state index contributed by atoms with van der Waals surface area (Å²) in [5, 5.41) is 4.53. The van der Waals surface area contributed by atoms with Crippen molar-refractivity contribution in [2.24, 2.45) is 0 Å². The van der Waals surface area contributed by atoms with Gasteiger partial charge in [-0.15, -0.1) is 0 Å². The van der Waals surface area contributed by atoms with E-state index in [2.05, 4.69) is 68.8 Å². The third-order valence-electron chi connectivity index (χ3n) is 4.25. The van der Waals surface area contributed by atoms with Crippen LogP contribution in [0.5, 0.6) is 0 Å². The fourth-order valence-electron chi connectivity index (χ4n) is 2.85. The van der Waals surface area contributed by atoms with Crippen LogP contribution in [0.1, 0.15) is 25.3 Å². The molecule has 0 aliphatic rings. The monoisotopic (exact) mass is 455 g/mol. The van der Waals surface area contributed by atoms with Crippen molar-refractivity contribution >= 4 is 45.1 Å². The van der Waals surface area contributed by atoms with Crippen molar-refractivity contribution in [1.82, 2.24) is 19.9 Å². The maximum absolute atomic E-state index is 4.83. The number of hydrogen-bond donors (Lipinski definition) is 2. The summed E-state index contributed by atoms with van der Waals surface area (Å²) < 4.78 is 1.19. The molecule has 1 aromatic carbocycles. The van der Waals surface area contributed by atoms with Crippen LogP contribution in [0.25, 0.3) is 22.4 Å². The third-order valence-corrected chi connectivity index (χ3v) is 4.97. The molecule has 3 aromatic heterocycles. The molecule has 0 bridgehead atoms. The lowest BCUT2D eigenvalue weighted by Crippen LogP contribution is -2.04. The normalized spacial score (nSPS) is 11.2. The van der Waals surface area contributed by atoms with E-state index < -0.39 is 0 Å². The average Bonchev–Trinajstić information content (AvgIpc) is 3.12. The Morgan fingerprint density at radius 3 is 2.62 bits per heavy atom. The first-order chi connectivity index (χ1) is 12.6. The Morgan fingerprint density at radius 2 is 1.85 bits per heavy atom. The van der Waals surface area contributed by atoms with Gasteiger partial charge in [-0.05, 0) is 52.8 Å². The van der Waals surface area contributed by atoms with E-state index in [0.29, 0.717) is 11.7 Å². The Kier molecular flexibility index (Phi) is 4.58. The highest BCUT2D eigenvalue weighted by Gasteiger charge is 2.13. The summed E-state index contributed by atoms with van der Waals surface area (Å²) >= 11 is 2.30. The fraction of sp³-hybridized carbons (Fsp3) is 0.150. The van der Waals surface area contributed by atoms with Crippen LogP contribution in [-0.4, -0.2) is 19.9 Å². The zero-order valence-electron chi connectivity index (χ0n) is 14.5. The molecule has 2 N–H and O–H groups in total. The molecule has 0 atom stereocenters. The highest BCUT2D eigenvalue weighted by Crippen LogP contribution is 2.30. The average molecular weight is 455 g/mol. The predicted octanol–water partition coefficient (Wildman–Crippen LogP) is 5.49. The number of hydrogen-bond acceptors (Lipinski definition) is 4. The van der Waals surface area contributed by atoms with Crippen LogP contribution in [0.4, 0.5) is 11.5 Å². The van der Waals surface area contributed by atoms with E-state index in [1.54, 1.807) is 6.20 Å². The molecule has 130 valence electrons. The Bertz CT molecular complexity index is 1050. The predicted molar refractivity (Wildman–Crippen MR) is 114 cm³/mol. The van der Waals surface area contributed by atoms with Gasteiger partial charge in [0.2, 0.25) is 0 Å². The second-order valence-corrected chi connectivity index (χ2v) is 7.63. The smallest absolute Gasteiger partial charge is 0.161 e. The van der Waals surface area contributed by atoms with Gasteiger partial charge >= 0.3 is 0 Å². The van der Waals surface area contributed by atoms with Crippen LogP contribution in [0.2, 0.25) is 0 Å². The minimum Gasteiger partial charge on any atom is -0.346 e. The molecule has 5 nitrogen and oxygen atoms in total. The molecule has 4 aromatic rings. The van der Waals surface area contributed by atoms with Crippen LogP contribution in [0.3, 0.4) is 0 Å². The molecule has 0 aliphatic carbocycles. The van der Waals surface area contributed by atoms with Gasteiger partial charge in [0, 0.05) is 38.7 Å². The van der Waals surface area contributed by atoms with Gasteiger partial charge in [-0.1, -0.05) is 26.0 Å². The maximum Gasteiger partial charge on any atom is 0.161 e. The Balaban J connectivity index is 1.79. The van der Waals surface area contributed by atoms with Crippen LogP contribution < -0.4 is 5.32 Å². The molecule has 3 heterocycles. The van der Waals surface area contributed by atoms with Crippen LogP contribution in [0, 0.1) is 3.57 Å². The first kappa shape index (κ1) is 17.0. The number of nitrogens with one attached hydrogen (secondary N) is 2. The second-order valence-electron chi connectivity index (χ2n) is 6.38. The van der Waals surface area contributed by atoms with Crippen LogP contribution >= 0.6 is 22.6 Å². The number of rotatable bonds is 4. The number of aromatic nitrogens is 4. The van der Waals surface area contributed by atoms with Gasteiger partial charge in [-0.2, -0.15) is 0 Å². The lowest BCUT2D eigenvalue weighted by atomic mass is 10.1. The van der Waals surface area contributed by atoms with Crippen LogP contribution in [0.15, 0.2) is 55.0 Å². The van der Waals surface area contributed by atoms with Gasteiger partial charge in [0.25, 0.3) is 0 Å². The number of pyridine rings is 1. The Morgan fingerprint density at radius 1 is 1.04 bits per heavy atom. The van der Waals surface area contributed by atoms with Gasteiger partial charge in [-0.25, -0.2) is 15.0 Å². The highest BCUT2D eigenvalue weighted by atomic mass is 127. The maximum atomic E-state index is 4.83. The Hall–Kier alpha value is -2.48. The Labute approximate surface area is 165 Å². The van der Waals surface area contributed by atoms with E-state index in [-0.39, 0.29) is 0 Å². The van der Waals surface area contributed by atoms with E-state index >= 15 is 0 Å². The lowest BCUT2D eigenvalue weighted by molar-refractivity contribution is 0.851. The number of H-pyrrole nitrogens is 1. The molecule has 0 saturated carbocycles. The molecule has 0 saturated heterocycles. The van der Waals surface area contributed by atoms with Crippen molar-refractivity contribution in [1.29, 1.82) is 0 Å². The molecule has 26 heavy (non-hydrogen) atoms. The summed E-state index contributed by atoms with van der Waals surface area (Å²) in [6.07, 6.45) is 5.60. The van der Waals surface area contributed by atoms with Crippen molar-refractivity contribution in [3.8, 4) is 11.4 Å². The number of fused-ring (bicyclic) bond motifs is 1. The fourth-order valence-corrected chi connectivity index (χ4v) is 3.21. The zero-order chi connectivity index (χ0) is 18.1. The molecular weight excluding hydrogens is 437 g/mol. The highest BCUT2D eigenvalue weighted by molar-refractivity contribution is 14.1. The van der Waals surface area contributed by atoms with Crippen molar-refractivity contribution in [2.75, 3.05) is 5.32 Å². The van der Waals surface area contributed by atoms with Gasteiger partial charge in [0.05, 0.1) is 5.69 Å². The zero-order valence-corrected chi connectivity index (χ0v) is 16.7. The van der Waals surface area contributed by atoms with Gasteiger partial charge in [0.1, 0.15) is 11.5 Å². The van der Waals surface area contributed by atoms with Crippen LogP contribution in [-0.2, 0) is 0 Å². The van der Waals surface area contributed by atoms with Crippen molar-refractivity contribution in [3.63, 3.8) is 0 Å². The molecule has 0 fully saturated rings. The topological polar surface area (TPSA) is 66.5 Å². The summed E-state index contributed by atoms with van der Waals surface area (Å²) in [5.74, 6) is 1.86. The minimum absolute atomic E-state index is 0.312. The first-order valence-electron chi connectivity index (χ1n) is 8.44. The molecule has 0 radical (unpaired) electrons. The minimum atomic E-state index is 0.312. The molecule has 6 heteroatoms. The number of aromatic amines is 1. The van der Waals surface area contributed by atoms with Crippen molar-refractivity contribution < 1.29 is 0 Å². The summed E-state index contributed by atoms with van der Waals surface area (Å²) in [4.78, 5) is 16.9. The number of anilines is 2. The molecule has 0 spiro atoms. The molecule has 4 rings (SSSR count). The van der Waals surface area contributed by atoms with E-state index in [1.165, 1.54) is 3.57 Å². The lowest BCUT2D eigenvalue weighted by Gasteiger charge is -2.15. The number of benzene rings is 1. The first-order valence-corrected chi connectivity index (χ1v) is 9.51. The van der Waals surface area contributed by atoms with Crippen molar-refractivity contribution in [3.05, 3.63) is 64.1 Å².